The zero-order valence-corrected chi connectivity index (χ0v) is 21.0. The van der Waals surface area contributed by atoms with Gasteiger partial charge in [0.05, 0.1) is 22.8 Å². The number of hydrogen-bond donors (Lipinski definition) is 2. The van der Waals surface area contributed by atoms with E-state index in [1.807, 2.05) is 18.2 Å². The fourth-order valence-electron chi connectivity index (χ4n) is 5.02. The lowest BCUT2D eigenvalue weighted by Crippen LogP contribution is -2.49. The number of aromatic nitrogens is 1. The number of halogens is 2. The normalized spacial score (nSPS) is 20.1. The van der Waals surface area contributed by atoms with Gasteiger partial charge in [0.25, 0.3) is 5.91 Å². The molecule has 0 spiro atoms. The molecule has 1 fully saturated rings. The average Bonchev–Trinajstić information content (AvgIpc) is 3.32. The number of urea groups is 1. The third-order valence-electron chi connectivity index (χ3n) is 7.02. The van der Waals surface area contributed by atoms with Crippen LogP contribution in [0.3, 0.4) is 0 Å². The molecule has 2 unspecified atom stereocenters. The van der Waals surface area contributed by atoms with Crippen LogP contribution in [0.4, 0.5) is 4.79 Å². The minimum atomic E-state index is -1.23. The van der Waals surface area contributed by atoms with Crippen molar-refractivity contribution >= 4 is 52.0 Å². The number of hydrogen-bond acceptors (Lipinski definition) is 4. The van der Waals surface area contributed by atoms with Gasteiger partial charge in [0.1, 0.15) is 11.8 Å². The predicted octanol–water partition coefficient (Wildman–Crippen LogP) is 4.22. The lowest BCUT2D eigenvalue weighted by atomic mass is 9.87. The first-order valence-corrected chi connectivity index (χ1v) is 12.0. The Morgan fingerprint density at radius 3 is 2.69 bits per heavy atom. The maximum Gasteiger partial charge on any atom is 0.328 e. The van der Waals surface area contributed by atoms with Gasteiger partial charge in [0.15, 0.2) is 5.54 Å². The molecule has 0 saturated carbocycles. The highest BCUT2D eigenvalue weighted by Crippen LogP contribution is 2.45. The van der Waals surface area contributed by atoms with E-state index in [-0.39, 0.29) is 6.54 Å². The molecule has 2 atom stereocenters. The quantitative estimate of drug-likeness (QED) is 0.498. The fraction of sp³-hybridized carbons (Fsp3) is 0.320. The minimum Gasteiger partial charge on any atom is -0.497 e. The molecule has 3 aromatic rings. The van der Waals surface area contributed by atoms with Crippen LogP contribution in [-0.4, -0.2) is 52.3 Å². The molecule has 5 rings (SSSR count). The van der Waals surface area contributed by atoms with Gasteiger partial charge in [0, 0.05) is 24.0 Å². The highest BCUT2D eigenvalue weighted by Gasteiger charge is 2.60. The summed E-state index contributed by atoms with van der Waals surface area (Å²) < 4.78 is 5.36. The molecule has 3 heterocycles. The molecule has 8 nitrogen and oxygen atoms in total. The van der Waals surface area contributed by atoms with Crippen LogP contribution in [0.15, 0.2) is 36.4 Å². The summed E-state index contributed by atoms with van der Waals surface area (Å²) in [7, 11) is 1.61. The molecule has 2 aliphatic rings. The van der Waals surface area contributed by atoms with Gasteiger partial charge in [-0.3, -0.25) is 9.59 Å². The second-order valence-electron chi connectivity index (χ2n) is 8.96. The average molecular weight is 515 g/mol. The zero-order valence-electron chi connectivity index (χ0n) is 19.4. The van der Waals surface area contributed by atoms with Crippen LogP contribution in [0.25, 0.3) is 10.9 Å². The highest BCUT2D eigenvalue weighted by molar-refractivity contribution is 6.42. The Hall–Kier alpha value is -3.23. The van der Waals surface area contributed by atoms with Gasteiger partial charge in [-0.1, -0.05) is 29.3 Å². The number of nitrogens with one attached hydrogen (secondary N) is 2. The Labute approximate surface area is 212 Å². The maximum absolute atomic E-state index is 13.7. The molecule has 0 bridgehead atoms. The van der Waals surface area contributed by atoms with Crippen molar-refractivity contribution in [2.75, 3.05) is 13.7 Å². The first-order chi connectivity index (χ1) is 16.7. The third kappa shape index (κ3) is 3.54. The van der Waals surface area contributed by atoms with E-state index in [9.17, 15) is 14.4 Å². The van der Waals surface area contributed by atoms with Crippen LogP contribution in [-0.2, 0) is 28.1 Å². The van der Waals surface area contributed by atoms with Crippen molar-refractivity contribution in [2.24, 2.45) is 0 Å². The van der Waals surface area contributed by atoms with Crippen LogP contribution in [0, 0.1) is 0 Å². The van der Waals surface area contributed by atoms with E-state index in [0.717, 1.165) is 32.7 Å². The van der Waals surface area contributed by atoms with Gasteiger partial charge in [0.2, 0.25) is 5.91 Å². The number of amides is 4. The Bertz CT molecular complexity index is 1390. The summed E-state index contributed by atoms with van der Waals surface area (Å²) in [6.07, 6.45) is 0.586. The van der Waals surface area contributed by atoms with Gasteiger partial charge in [-0.05, 0) is 61.7 Å². The Morgan fingerprint density at radius 2 is 1.97 bits per heavy atom. The molecule has 182 valence electrons. The largest absolute Gasteiger partial charge is 0.497 e. The van der Waals surface area contributed by atoms with E-state index >= 15 is 0 Å². The number of methoxy groups -OCH3 is 1. The smallest absolute Gasteiger partial charge is 0.328 e. The number of nitrogens with zero attached hydrogens (tertiary/aromatic N) is 2. The van der Waals surface area contributed by atoms with Crippen molar-refractivity contribution in [3.63, 3.8) is 0 Å². The molecule has 2 N–H and O–H groups in total. The third-order valence-corrected chi connectivity index (χ3v) is 7.75. The number of carbonyl (C=O) groups excluding carboxylic acids is 3. The molecule has 0 aliphatic carbocycles. The monoisotopic (exact) mass is 514 g/mol. The van der Waals surface area contributed by atoms with Crippen molar-refractivity contribution < 1.29 is 19.1 Å². The van der Waals surface area contributed by atoms with E-state index < -0.39 is 29.4 Å². The SMILES string of the molecule is COc1ccc2[nH]c3c(c2c1)CCN1C(=O)N(C(C)C(=O)NCc2ccc(Cl)c(Cl)c2)C(=O)C31C. The summed E-state index contributed by atoms with van der Waals surface area (Å²) in [4.78, 5) is 46.0. The number of rotatable bonds is 5. The summed E-state index contributed by atoms with van der Waals surface area (Å²) in [5, 5.41) is 4.55. The van der Waals surface area contributed by atoms with Crippen LogP contribution < -0.4 is 10.1 Å². The number of imide groups is 1. The number of aromatic amines is 1. The van der Waals surface area contributed by atoms with Crippen molar-refractivity contribution in [3.05, 3.63) is 63.3 Å². The predicted molar refractivity (Wildman–Crippen MR) is 133 cm³/mol. The molecule has 2 aromatic carbocycles. The van der Waals surface area contributed by atoms with Crippen LogP contribution in [0.5, 0.6) is 5.75 Å². The zero-order chi connectivity index (χ0) is 25.1. The lowest BCUT2D eigenvalue weighted by Gasteiger charge is -2.36. The van der Waals surface area contributed by atoms with E-state index in [0.29, 0.717) is 28.7 Å². The van der Waals surface area contributed by atoms with Crippen molar-refractivity contribution in [3.8, 4) is 5.75 Å². The Morgan fingerprint density at radius 1 is 1.20 bits per heavy atom. The second kappa shape index (κ2) is 8.46. The minimum absolute atomic E-state index is 0.186. The molecule has 1 aromatic heterocycles. The van der Waals surface area contributed by atoms with Gasteiger partial charge < -0.3 is 19.9 Å². The molecular formula is C25H24Cl2N4O4. The summed E-state index contributed by atoms with van der Waals surface area (Å²) in [6, 6.07) is 9.27. The molecule has 10 heteroatoms. The van der Waals surface area contributed by atoms with Crippen LogP contribution >= 0.6 is 23.2 Å². The molecular weight excluding hydrogens is 491 g/mol. The molecule has 35 heavy (non-hydrogen) atoms. The fourth-order valence-corrected chi connectivity index (χ4v) is 5.34. The number of carbonyl (C=O) groups is 3. The molecule has 1 saturated heterocycles. The second-order valence-corrected chi connectivity index (χ2v) is 9.78. The summed E-state index contributed by atoms with van der Waals surface area (Å²) in [6.45, 7) is 3.84. The van der Waals surface area contributed by atoms with Gasteiger partial charge in [-0.2, -0.15) is 0 Å². The molecule has 2 aliphatic heterocycles. The van der Waals surface area contributed by atoms with Crippen molar-refractivity contribution in [2.45, 2.75) is 38.4 Å². The van der Waals surface area contributed by atoms with E-state index in [1.54, 1.807) is 44.1 Å². The maximum atomic E-state index is 13.7. The van der Waals surface area contributed by atoms with Gasteiger partial charge in [-0.25, -0.2) is 9.69 Å². The van der Waals surface area contributed by atoms with Gasteiger partial charge in [-0.15, -0.1) is 0 Å². The van der Waals surface area contributed by atoms with E-state index in [2.05, 4.69) is 10.3 Å². The molecule has 4 amide bonds. The Balaban J connectivity index is 1.42. The highest BCUT2D eigenvalue weighted by atomic mass is 35.5. The first-order valence-electron chi connectivity index (χ1n) is 11.2. The number of benzene rings is 2. The summed E-state index contributed by atoms with van der Waals surface area (Å²) in [5.41, 5.74) is 2.05. The van der Waals surface area contributed by atoms with E-state index in [1.165, 1.54) is 0 Å². The Kier molecular flexibility index (Phi) is 5.68. The number of H-pyrrole nitrogens is 1. The molecule has 0 radical (unpaired) electrons. The van der Waals surface area contributed by atoms with Crippen LogP contribution in [0.2, 0.25) is 10.0 Å². The number of fused-ring (bicyclic) bond motifs is 5. The lowest BCUT2D eigenvalue weighted by molar-refractivity contribution is -0.139. The van der Waals surface area contributed by atoms with Gasteiger partial charge >= 0.3 is 6.03 Å². The van der Waals surface area contributed by atoms with Crippen molar-refractivity contribution in [1.82, 2.24) is 20.1 Å². The summed E-state index contributed by atoms with van der Waals surface area (Å²) in [5.74, 6) is -0.156. The number of ether oxygens (including phenoxy) is 1. The summed E-state index contributed by atoms with van der Waals surface area (Å²) >= 11 is 12.0. The van der Waals surface area contributed by atoms with Crippen LogP contribution in [0.1, 0.15) is 30.7 Å². The first kappa shape index (κ1) is 23.5. The standard InChI is InChI=1S/C25H24Cl2N4O4/c1-13(22(32)28-12-14-4-6-18(26)19(27)10-14)31-23(33)25(2)21-16(8-9-30(25)24(31)34)17-11-15(35-3)5-7-20(17)29-21/h4-7,10-11,13,29H,8-9,12H2,1-3H3,(H,28,32). The van der Waals surface area contributed by atoms with Crippen molar-refractivity contribution in [1.29, 1.82) is 0 Å². The van der Waals surface area contributed by atoms with E-state index in [4.69, 9.17) is 27.9 Å². The topological polar surface area (TPSA) is 94.7 Å².